The molecule has 0 spiro atoms. The van der Waals surface area contributed by atoms with Gasteiger partial charge in [0.05, 0.1) is 20.8 Å². The van der Waals surface area contributed by atoms with Crippen molar-refractivity contribution in [2.75, 3.05) is 5.32 Å². The third-order valence-corrected chi connectivity index (χ3v) is 7.12. The van der Waals surface area contributed by atoms with Crippen LogP contribution in [0.25, 0.3) is 10.9 Å². The molecule has 2 aromatic heterocycles. The third kappa shape index (κ3) is 3.89. The van der Waals surface area contributed by atoms with Gasteiger partial charge in [0, 0.05) is 28.9 Å². The van der Waals surface area contributed by atoms with Crippen LogP contribution in [0.3, 0.4) is 0 Å². The van der Waals surface area contributed by atoms with Crippen LogP contribution >= 0.6 is 0 Å². The number of aromatic nitrogens is 3. The summed E-state index contributed by atoms with van der Waals surface area (Å²) in [6, 6.07) is 4.02. The van der Waals surface area contributed by atoms with Gasteiger partial charge in [0.1, 0.15) is 5.75 Å². The van der Waals surface area contributed by atoms with Gasteiger partial charge < -0.3 is 10.1 Å². The SMILES string of the molecule is Cc1[nH]nc(Nc2ccnc3cc(OC(F)F)cc(S(=O)(=O)C(C)(C)C)c23)c1C. The first kappa shape index (κ1) is 21.0. The van der Waals surface area contributed by atoms with E-state index in [0.717, 1.165) is 17.3 Å². The quantitative estimate of drug-likeness (QED) is 0.626. The number of benzene rings is 1. The first-order chi connectivity index (χ1) is 13.4. The summed E-state index contributed by atoms with van der Waals surface area (Å²) in [5.41, 5.74) is 2.38. The monoisotopic (exact) mass is 424 g/mol. The molecule has 0 fully saturated rings. The summed E-state index contributed by atoms with van der Waals surface area (Å²) in [5, 5.41) is 10.4. The minimum Gasteiger partial charge on any atom is -0.435 e. The highest BCUT2D eigenvalue weighted by atomic mass is 32.2. The topological polar surface area (TPSA) is 97.0 Å². The van der Waals surface area contributed by atoms with E-state index < -0.39 is 21.2 Å². The van der Waals surface area contributed by atoms with Crippen molar-refractivity contribution in [1.82, 2.24) is 15.2 Å². The van der Waals surface area contributed by atoms with E-state index in [9.17, 15) is 17.2 Å². The number of nitrogens with one attached hydrogen (secondary N) is 2. The number of pyridine rings is 1. The van der Waals surface area contributed by atoms with Gasteiger partial charge in [-0.2, -0.15) is 13.9 Å². The van der Waals surface area contributed by atoms with Crippen LogP contribution in [0.5, 0.6) is 5.75 Å². The Morgan fingerprint density at radius 1 is 1.21 bits per heavy atom. The largest absolute Gasteiger partial charge is 0.435 e. The average molecular weight is 424 g/mol. The molecule has 0 atom stereocenters. The molecule has 29 heavy (non-hydrogen) atoms. The normalized spacial score (nSPS) is 12.6. The van der Waals surface area contributed by atoms with E-state index in [0.29, 0.717) is 11.5 Å². The Balaban J connectivity index is 2.31. The number of ether oxygens (including phenoxy) is 1. The molecule has 1 aromatic carbocycles. The van der Waals surface area contributed by atoms with Crippen molar-refractivity contribution in [2.45, 2.75) is 50.9 Å². The summed E-state index contributed by atoms with van der Waals surface area (Å²) in [6.45, 7) is 5.26. The van der Waals surface area contributed by atoms with Crippen LogP contribution < -0.4 is 10.1 Å². The highest BCUT2D eigenvalue weighted by Crippen LogP contribution is 2.38. The van der Waals surface area contributed by atoms with Crippen LogP contribution in [-0.4, -0.2) is 35.0 Å². The van der Waals surface area contributed by atoms with Crippen molar-refractivity contribution < 1.29 is 21.9 Å². The molecule has 3 rings (SSSR count). The number of rotatable bonds is 5. The third-order valence-electron chi connectivity index (χ3n) is 4.61. The maximum atomic E-state index is 13.3. The number of hydrogen-bond donors (Lipinski definition) is 2. The van der Waals surface area contributed by atoms with Gasteiger partial charge in [0.15, 0.2) is 15.7 Å². The zero-order chi connectivity index (χ0) is 21.6. The zero-order valence-corrected chi connectivity index (χ0v) is 17.5. The number of aryl methyl sites for hydroxylation is 1. The van der Waals surface area contributed by atoms with E-state index in [1.54, 1.807) is 26.8 Å². The maximum Gasteiger partial charge on any atom is 0.387 e. The predicted molar refractivity (Wildman–Crippen MR) is 107 cm³/mol. The predicted octanol–water partition coefficient (Wildman–Crippen LogP) is 4.49. The molecule has 0 aliphatic rings. The summed E-state index contributed by atoms with van der Waals surface area (Å²) < 4.78 is 55.4. The summed E-state index contributed by atoms with van der Waals surface area (Å²) in [4.78, 5) is 4.04. The van der Waals surface area contributed by atoms with Gasteiger partial charge in [-0.25, -0.2) is 8.42 Å². The molecule has 0 bridgehead atoms. The molecular weight excluding hydrogens is 402 g/mol. The first-order valence-electron chi connectivity index (χ1n) is 8.82. The maximum absolute atomic E-state index is 13.3. The number of fused-ring (bicyclic) bond motifs is 1. The number of aromatic amines is 1. The molecule has 0 radical (unpaired) electrons. The number of anilines is 2. The molecule has 7 nitrogen and oxygen atoms in total. The molecule has 10 heteroatoms. The molecule has 0 amide bonds. The summed E-state index contributed by atoms with van der Waals surface area (Å²) in [7, 11) is -3.91. The number of sulfone groups is 1. The second-order valence-electron chi connectivity index (χ2n) is 7.62. The Labute approximate surface area is 167 Å². The van der Waals surface area contributed by atoms with Crippen LogP contribution in [-0.2, 0) is 9.84 Å². The molecule has 0 aliphatic heterocycles. The van der Waals surface area contributed by atoms with Gasteiger partial charge in [-0.15, -0.1) is 0 Å². The Morgan fingerprint density at radius 2 is 1.90 bits per heavy atom. The van der Waals surface area contributed by atoms with Crippen molar-refractivity contribution >= 4 is 32.2 Å². The van der Waals surface area contributed by atoms with Crippen LogP contribution in [0.4, 0.5) is 20.3 Å². The van der Waals surface area contributed by atoms with Crippen molar-refractivity contribution in [3.05, 3.63) is 35.7 Å². The number of halogens is 2. The fourth-order valence-electron chi connectivity index (χ4n) is 2.78. The number of hydrogen-bond acceptors (Lipinski definition) is 6. The molecule has 0 aliphatic carbocycles. The smallest absolute Gasteiger partial charge is 0.387 e. The van der Waals surface area contributed by atoms with E-state index in [1.165, 1.54) is 12.3 Å². The molecule has 0 saturated carbocycles. The summed E-state index contributed by atoms with van der Waals surface area (Å²) >= 11 is 0. The van der Waals surface area contributed by atoms with Crippen LogP contribution in [0.2, 0.25) is 0 Å². The van der Waals surface area contributed by atoms with E-state index in [1.807, 2.05) is 13.8 Å². The van der Waals surface area contributed by atoms with E-state index >= 15 is 0 Å². The lowest BCUT2D eigenvalue weighted by molar-refractivity contribution is -0.0499. The number of nitrogens with zero attached hydrogens (tertiary/aromatic N) is 2. The van der Waals surface area contributed by atoms with E-state index in [4.69, 9.17) is 0 Å². The number of alkyl halides is 2. The molecule has 0 saturated heterocycles. The number of H-pyrrole nitrogens is 1. The lowest BCUT2D eigenvalue weighted by Gasteiger charge is -2.22. The molecule has 3 aromatic rings. The summed E-state index contributed by atoms with van der Waals surface area (Å²) in [6.07, 6.45) is 1.46. The van der Waals surface area contributed by atoms with Gasteiger partial charge >= 0.3 is 6.61 Å². The van der Waals surface area contributed by atoms with Crippen molar-refractivity contribution in [3.8, 4) is 5.75 Å². The fraction of sp³-hybridized carbons (Fsp3) is 0.368. The standard InChI is InChI=1S/C19H22F2N4O3S/c1-10-11(2)24-25-17(10)23-13-6-7-22-14-8-12(28-18(20)21)9-15(16(13)14)29(26,27)19(3,4)5/h6-9,18H,1-5H3,(H2,22,23,24,25). The Bertz CT molecular complexity index is 1170. The first-order valence-corrected chi connectivity index (χ1v) is 10.3. The lowest BCUT2D eigenvalue weighted by atomic mass is 10.1. The van der Waals surface area contributed by atoms with Gasteiger partial charge in [-0.1, -0.05) is 0 Å². The van der Waals surface area contributed by atoms with Crippen molar-refractivity contribution in [1.29, 1.82) is 0 Å². The van der Waals surface area contributed by atoms with E-state index in [2.05, 4.69) is 25.2 Å². The van der Waals surface area contributed by atoms with Crippen molar-refractivity contribution in [3.63, 3.8) is 0 Å². The minimum absolute atomic E-state index is 0.140. The molecule has 0 unspecified atom stereocenters. The highest BCUT2D eigenvalue weighted by molar-refractivity contribution is 7.93. The second-order valence-corrected chi connectivity index (χ2v) is 10.3. The highest BCUT2D eigenvalue weighted by Gasteiger charge is 2.34. The van der Waals surface area contributed by atoms with Gasteiger partial charge in [0.2, 0.25) is 0 Å². The second kappa shape index (κ2) is 7.25. The molecule has 2 N–H and O–H groups in total. The lowest BCUT2D eigenvalue weighted by Crippen LogP contribution is -2.28. The van der Waals surface area contributed by atoms with Gasteiger partial charge in [-0.3, -0.25) is 10.1 Å². The molecular formula is C19H22F2N4O3S. The average Bonchev–Trinajstić information content (AvgIpc) is 2.91. The minimum atomic E-state index is -3.91. The van der Waals surface area contributed by atoms with Gasteiger partial charge in [-0.05, 0) is 46.8 Å². The fourth-order valence-corrected chi connectivity index (χ4v) is 4.19. The van der Waals surface area contributed by atoms with Gasteiger partial charge in [0.25, 0.3) is 0 Å². The van der Waals surface area contributed by atoms with E-state index in [-0.39, 0.29) is 21.5 Å². The van der Waals surface area contributed by atoms with Crippen molar-refractivity contribution in [2.24, 2.45) is 0 Å². The summed E-state index contributed by atoms with van der Waals surface area (Å²) in [5.74, 6) is 0.258. The zero-order valence-electron chi connectivity index (χ0n) is 16.7. The van der Waals surface area contributed by atoms with Crippen LogP contribution in [0, 0.1) is 13.8 Å². The molecule has 156 valence electrons. The van der Waals surface area contributed by atoms with Crippen LogP contribution in [0.1, 0.15) is 32.0 Å². The Hall–Kier alpha value is -2.75. The molecule has 2 heterocycles. The van der Waals surface area contributed by atoms with Crippen LogP contribution in [0.15, 0.2) is 29.3 Å². The Morgan fingerprint density at radius 3 is 2.45 bits per heavy atom. The Kier molecular flexibility index (Phi) is 5.24.